The first-order valence-corrected chi connectivity index (χ1v) is 6.65. The molecule has 5 heteroatoms. The molecule has 0 radical (unpaired) electrons. The van der Waals surface area contributed by atoms with Crippen LogP contribution in [0, 0.1) is 5.92 Å². The van der Waals surface area contributed by atoms with Crippen molar-refractivity contribution in [2.45, 2.75) is 12.8 Å². The SMILES string of the molecule is COC(=O)C1CCN(C(=O)/C=C/c2cccnc2)CC1. The molecule has 0 aliphatic carbocycles. The lowest BCUT2D eigenvalue weighted by atomic mass is 9.97. The second-order valence-electron chi connectivity index (χ2n) is 4.74. The van der Waals surface area contributed by atoms with Crippen LogP contribution in [0.4, 0.5) is 0 Å². The topological polar surface area (TPSA) is 59.5 Å². The average Bonchev–Trinajstić information content (AvgIpc) is 2.53. The summed E-state index contributed by atoms with van der Waals surface area (Å²) in [6.45, 7) is 1.19. The largest absolute Gasteiger partial charge is 0.469 e. The second kappa shape index (κ2) is 6.84. The Bertz CT molecular complexity index is 491. The first-order valence-electron chi connectivity index (χ1n) is 6.65. The number of hydrogen-bond acceptors (Lipinski definition) is 4. The van der Waals surface area contributed by atoms with Crippen molar-refractivity contribution >= 4 is 18.0 Å². The van der Waals surface area contributed by atoms with Crippen molar-refractivity contribution in [3.63, 3.8) is 0 Å². The first kappa shape index (κ1) is 14.2. The Balaban J connectivity index is 1.86. The van der Waals surface area contributed by atoms with Gasteiger partial charge in [0.25, 0.3) is 0 Å². The zero-order valence-electron chi connectivity index (χ0n) is 11.5. The average molecular weight is 274 g/mol. The van der Waals surface area contributed by atoms with E-state index in [9.17, 15) is 9.59 Å². The zero-order valence-corrected chi connectivity index (χ0v) is 11.5. The summed E-state index contributed by atoms with van der Waals surface area (Å²) >= 11 is 0. The van der Waals surface area contributed by atoms with Crippen LogP contribution in [0.15, 0.2) is 30.6 Å². The third-order valence-corrected chi connectivity index (χ3v) is 3.44. The van der Waals surface area contributed by atoms with Crippen LogP contribution in [-0.4, -0.2) is 42.0 Å². The quantitative estimate of drug-likeness (QED) is 0.619. The molecule has 0 atom stereocenters. The van der Waals surface area contributed by atoms with Gasteiger partial charge in [-0.3, -0.25) is 14.6 Å². The Morgan fingerprint density at radius 1 is 1.40 bits per heavy atom. The number of esters is 1. The maximum Gasteiger partial charge on any atom is 0.308 e. The van der Waals surface area contributed by atoms with Gasteiger partial charge in [0.1, 0.15) is 0 Å². The van der Waals surface area contributed by atoms with Gasteiger partial charge in [-0.05, 0) is 30.5 Å². The summed E-state index contributed by atoms with van der Waals surface area (Å²) < 4.78 is 4.73. The fourth-order valence-corrected chi connectivity index (χ4v) is 2.25. The van der Waals surface area contributed by atoms with Gasteiger partial charge in [-0.15, -0.1) is 0 Å². The van der Waals surface area contributed by atoms with Crippen LogP contribution in [0.25, 0.3) is 6.08 Å². The van der Waals surface area contributed by atoms with Crippen LogP contribution < -0.4 is 0 Å². The number of aromatic nitrogens is 1. The number of carbonyl (C=O) groups excluding carboxylic acids is 2. The fraction of sp³-hybridized carbons (Fsp3) is 0.400. The van der Waals surface area contributed by atoms with E-state index in [0.29, 0.717) is 25.9 Å². The van der Waals surface area contributed by atoms with E-state index in [1.165, 1.54) is 7.11 Å². The van der Waals surface area contributed by atoms with Crippen molar-refractivity contribution in [2.24, 2.45) is 5.92 Å². The lowest BCUT2D eigenvalue weighted by Gasteiger charge is -2.29. The van der Waals surface area contributed by atoms with Gasteiger partial charge in [0.15, 0.2) is 0 Å². The van der Waals surface area contributed by atoms with Crippen LogP contribution in [0.3, 0.4) is 0 Å². The highest BCUT2D eigenvalue weighted by molar-refractivity contribution is 5.91. The third kappa shape index (κ3) is 3.66. The predicted molar refractivity (Wildman–Crippen MR) is 74.6 cm³/mol. The second-order valence-corrected chi connectivity index (χ2v) is 4.74. The minimum Gasteiger partial charge on any atom is -0.469 e. The lowest BCUT2D eigenvalue weighted by molar-refractivity contribution is -0.148. The number of carbonyl (C=O) groups is 2. The number of amides is 1. The summed E-state index contributed by atoms with van der Waals surface area (Å²) in [5, 5.41) is 0. The molecule has 106 valence electrons. The molecule has 1 aromatic heterocycles. The Labute approximate surface area is 118 Å². The Morgan fingerprint density at radius 3 is 2.75 bits per heavy atom. The Hall–Kier alpha value is -2.17. The minimum absolute atomic E-state index is 0.0304. The van der Waals surface area contributed by atoms with E-state index in [2.05, 4.69) is 4.98 Å². The predicted octanol–water partition coefficient (Wildman–Crippen LogP) is 1.51. The normalized spacial score (nSPS) is 16.4. The number of piperidine rings is 1. The van der Waals surface area contributed by atoms with Crippen molar-refractivity contribution < 1.29 is 14.3 Å². The molecule has 0 N–H and O–H groups in total. The van der Waals surface area contributed by atoms with Gasteiger partial charge in [0.2, 0.25) is 5.91 Å². The first-order chi connectivity index (χ1) is 9.70. The molecule has 0 spiro atoms. The number of ether oxygens (including phenoxy) is 1. The molecular weight excluding hydrogens is 256 g/mol. The van der Waals surface area contributed by atoms with E-state index in [-0.39, 0.29) is 17.8 Å². The molecule has 1 amide bonds. The molecule has 0 aromatic carbocycles. The summed E-state index contributed by atoms with van der Waals surface area (Å²) in [5.74, 6) is -0.286. The lowest BCUT2D eigenvalue weighted by Crippen LogP contribution is -2.39. The summed E-state index contributed by atoms with van der Waals surface area (Å²) in [4.78, 5) is 29.2. The van der Waals surface area contributed by atoms with Crippen molar-refractivity contribution in [3.05, 3.63) is 36.2 Å². The number of hydrogen-bond donors (Lipinski definition) is 0. The summed E-state index contributed by atoms with van der Waals surface area (Å²) in [6.07, 6.45) is 8.03. The molecule has 0 unspecified atom stereocenters. The minimum atomic E-state index is -0.178. The van der Waals surface area contributed by atoms with Crippen molar-refractivity contribution in [3.8, 4) is 0 Å². The van der Waals surface area contributed by atoms with E-state index >= 15 is 0 Å². The maximum absolute atomic E-state index is 12.0. The Morgan fingerprint density at radius 2 is 2.15 bits per heavy atom. The summed E-state index contributed by atoms with van der Waals surface area (Å²) in [6, 6.07) is 3.71. The molecule has 1 aliphatic rings. The van der Waals surface area contributed by atoms with Gasteiger partial charge >= 0.3 is 5.97 Å². The number of pyridine rings is 1. The van der Waals surface area contributed by atoms with Gasteiger partial charge < -0.3 is 9.64 Å². The van der Waals surface area contributed by atoms with Crippen molar-refractivity contribution in [1.29, 1.82) is 0 Å². The highest BCUT2D eigenvalue weighted by atomic mass is 16.5. The highest BCUT2D eigenvalue weighted by Crippen LogP contribution is 2.18. The zero-order chi connectivity index (χ0) is 14.4. The van der Waals surface area contributed by atoms with Gasteiger partial charge in [-0.2, -0.15) is 0 Å². The van der Waals surface area contributed by atoms with E-state index in [1.807, 2.05) is 12.1 Å². The van der Waals surface area contributed by atoms with Crippen molar-refractivity contribution in [2.75, 3.05) is 20.2 Å². The van der Waals surface area contributed by atoms with E-state index in [0.717, 1.165) is 5.56 Å². The van der Waals surface area contributed by atoms with Crippen LogP contribution >= 0.6 is 0 Å². The molecule has 1 aliphatic heterocycles. The fourth-order valence-electron chi connectivity index (χ4n) is 2.25. The summed E-state index contributed by atoms with van der Waals surface area (Å²) in [7, 11) is 1.40. The number of likely N-dealkylation sites (tertiary alicyclic amines) is 1. The Kier molecular flexibility index (Phi) is 4.87. The smallest absolute Gasteiger partial charge is 0.308 e. The molecule has 1 saturated heterocycles. The molecule has 5 nitrogen and oxygen atoms in total. The van der Waals surface area contributed by atoms with Gasteiger partial charge in [0.05, 0.1) is 13.0 Å². The van der Waals surface area contributed by atoms with Crippen LogP contribution in [0.2, 0.25) is 0 Å². The van der Waals surface area contributed by atoms with Crippen LogP contribution in [0.5, 0.6) is 0 Å². The monoisotopic (exact) mass is 274 g/mol. The van der Waals surface area contributed by atoms with Gasteiger partial charge in [0, 0.05) is 31.6 Å². The van der Waals surface area contributed by atoms with E-state index in [4.69, 9.17) is 4.74 Å². The van der Waals surface area contributed by atoms with Crippen LogP contribution in [-0.2, 0) is 14.3 Å². The number of methoxy groups -OCH3 is 1. The standard InChI is InChI=1S/C15H18N2O3/c1-20-15(19)13-6-9-17(10-7-13)14(18)5-4-12-3-2-8-16-11-12/h2-5,8,11,13H,6-7,9-10H2,1H3/b5-4+. The maximum atomic E-state index is 12.0. The highest BCUT2D eigenvalue weighted by Gasteiger charge is 2.26. The van der Waals surface area contributed by atoms with Gasteiger partial charge in [-0.1, -0.05) is 6.07 Å². The molecule has 0 saturated carbocycles. The molecule has 2 heterocycles. The van der Waals surface area contributed by atoms with Gasteiger partial charge in [-0.25, -0.2) is 0 Å². The van der Waals surface area contributed by atoms with Crippen molar-refractivity contribution in [1.82, 2.24) is 9.88 Å². The molecular formula is C15H18N2O3. The molecule has 2 rings (SSSR count). The molecule has 1 aromatic rings. The van der Waals surface area contributed by atoms with E-state index in [1.54, 1.807) is 29.4 Å². The summed E-state index contributed by atoms with van der Waals surface area (Å²) in [5.41, 5.74) is 0.894. The number of rotatable bonds is 3. The molecule has 1 fully saturated rings. The van der Waals surface area contributed by atoms with Crippen LogP contribution in [0.1, 0.15) is 18.4 Å². The molecule has 0 bridgehead atoms. The third-order valence-electron chi connectivity index (χ3n) is 3.44. The molecule has 20 heavy (non-hydrogen) atoms. The van der Waals surface area contributed by atoms with E-state index < -0.39 is 0 Å². The number of nitrogens with zero attached hydrogens (tertiary/aromatic N) is 2.